The third kappa shape index (κ3) is 5.07. The molecule has 0 aliphatic heterocycles. The lowest BCUT2D eigenvalue weighted by Gasteiger charge is -2.03. The minimum Gasteiger partial charge on any atom is -0.296 e. The van der Waals surface area contributed by atoms with Gasteiger partial charge in [0.1, 0.15) is 5.01 Å². The topological polar surface area (TPSA) is 54.9 Å². The van der Waals surface area contributed by atoms with Gasteiger partial charge in [0.05, 0.1) is 0 Å². The zero-order valence-electron chi connectivity index (χ0n) is 12.9. The van der Waals surface area contributed by atoms with Gasteiger partial charge in [0.25, 0.3) is 11.7 Å². The highest BCUT2D eigenvalue weighted by atomic mass is 32.2. The number of carbonyl (C=O) groups is 1. The summed E-state index contributed by atoms with van der Waals surface area (Å²) in [6, 6.07) is 15.8. The van der Waals surface area contributed by atoms with Crippen molar-refractivity contribution in [3.8, 4) is 0 Å². The number of benzene rings is 2. The summed E-state index contributed by atoms with van der Waals surface area (Å²) >= 11 is 1.75. The lowest BCUT2D eigenvalue weighted by atomic mass is 10.2. The summed E-state index contributed by atoms with van der Waals surface area (Å²) in [5.41, 5.74) is 1.49. The lowest BCUT2D eigenvalue weighted by molar-refractivity contribution is 0.102. The molecule has 0 unspecified atom stereocenters. The first kappa shape index (κ1) is 17.5. The van der Waals surface area contributed by atoms with Crippen LogP contribution in [0.3, 0.4) is 0 Å². The molecule has 8 heteroatoms. The van der Waals surface area contributed by atoms with E-state index in [0.29, 0.717) is 33.8 Å². The molecular formula is C17H13F2N3OS2. The number of anilines is 1. The van der Waals surface area contributed by atoms with Crippen molar-refractivity contribution in [3.63, 3.8) is 0 Å². The Morgan fingerprint density at radius 1 is 1.08 bits per heavy atom. The summed E-state index contributed by atoms with van der Waals surface area (Å²) in [6.07, 6.45) is 0.647. The molecule has 25 heavy (non-hydrogen) atoms. The summed E-state index contributed by atoms with van der Waals surface area (Å²) in [5, 5.41) is 11.9. The maximum atomic E-state index is 12.3. The Hall–Kier alpha value is -2.32. The van der Waals surface area contributed by atoms with E-state index in [1.165, 1.54) is 35.6 Å². The number of aromatic nitrogens is 2. The van der Waals surface area contributed by atoms with E-state index in [1.807, 2.05) is 30.3 Å². The van der Waals surface area contributed by atoms with Crippen LogP contribution in [-0.4, -0.2) is 21.9 Å². The Bertz CT molecular complexity index is 839. The molecule has 0 aliphatic carbocycles. The van der Waals surface area contributed by atoms with Gasteiger partial charge in [-0.1, -0.05) is 53.4 Å². The van der Waals surface area contributed by atoms with Gasteiger partial charge < -0.3 is 0 Å². The third-order valence-electron chi connectivity index (χ3n) is 3.23. The van der Waals surface area contributed by atoms with Gasteiger partial charge in [0.2, 0.25) is 5.13 Å². The SMILES string of the molecule is O=C(Nc1nnc(Cc2ccccc2)s1)c1ccc(SC(F)F)cc1. The number of amides is 1. The van der Waals surface area contributed by atoms with Gasteiger partial charge in [0.15, 0.2) is 0 Å². The van der Waals surface area contributed by atoms with Crippen molar-refractivity contribution in [1.29, 1.82) is 0 Å². The second-order valence-corrected chi connectivity index (χ2v) is 7.15. The van der Waals surface area contributed by atoms with E-state index in [4.69, 9.17) is 0 Å². The van der Waals surface area contributed by atoms with Crippen LogP contribution in [0.2, 0.25) is 0 Å². The molecule has 1 aromatic heterocycles. The highest BCUT2D eigenvalue weighted by molar-refractivity contribution is 7.99. The number of nitrogens with one attached hydrogen (secondary N) is 1. The maximum Gasteiger partial charge on any atom is 0.288 e. The van der Waals surface area contributed by atoms with Crippen LogP contribution in [0.1, 0.15) is 20.9 Å². The number of rotatable bonds is 6. The molecule has 0 radical (unpaired) electrons. The highest BCUT2D eigenvalue weighted by Gasteiger charge is 2.12. The highest BCUT2D eigenvalue weighted by Crippen LogP contribution is 2.25. The van der Waals surface area contributed by atoms with Crippen LogP contribution in [0.5, 0.6) is 0 Å². The number of halogens is 2. The molecule has 0 bridgehead atoms. The number of nitrogens with zero attached hydrogens (tertiary/aromatic N) is 2. The average Bonchev–Trinajstić information content (AvgIpc) is 3.02. The van der Waals surface area contributed by atoms with Crippen molar-refractivity contribution in [3.05, 3.63) is 70.7 Å². The molecule has 2 aromatic carbocycles. The van der Waals surface area contributed by atoms with E-state index in [0.717, 1.165) is 10.6 Å². The van der Waals surface area contributed by atoms with Crippen molar-refractivity contribution < 1.29 is 13.6 Å². The zero-order chi connectivity index (χ0) is 17.6. The number of hydrogen-bond acceptors (Lipinski definition) is 5. The lowest BCUT2D eigenvalue weighted by Crippen LogP contribution is -2.11. The van der Waals surface area contributed by atoms with Crippen LogP contribution >= 0.6 is 23.1 Å². The first-order valence-corrected chi connectivity index (χ1v) is 9.02. The molecule has 0 aliphatic rings. The Balaban J connectivity index is 1.61. The van der Waals surface area contributed by atoms with Crippen molar-refractivity contribution in [1.82, 2.24) is 10.2 Å². The second kappa shape index (κ2) is 8.17. The van der Waals surface area contributed by atoms with Gasteiger partial charge in [-0.25, -0.2) is 0 Å². The van der Waals surface area contributed by atoms with Gasteiger partial charge in [-0.2, -0.15) is 8.78 Å². The van der Waals surface area contributed by atoms with Crippen molar-refractivity contribution in [2.24, 2.45) is 0 Å². The van der Waals surface area contributed by atoms with Crippen molar-refractivity contribution in [2.75, 3.05) is 5.32 Å². The first-order chi connectivity index (χ1) is 12.1. The molecule has 3 rings (SSSR count). The van der Waals surface area contributed by atoms with Crippen LogP contribution in [-0.2, 0) is 6.42 Å². The van der Waals surface area contributed by atoms with Gasteiger partial charge in [-0.3, -0.25) is 10.1 Å². The minimum absolute atomic E-state index is 0.351. The van der Waals surface area contributed by atoms with Gasteiger partial charge in [-0.05, 0) is 29.8 Å². The van der Waals surface area contributed by atoms with E-state index in [9.17, 15) is 13.6 Å². The molecule has 0 atom stereocenters. The number of hydrogen-bond donors (Lipinski definition) is 1. The quantitative estimate of drug-likeness (QED) is 0.633. The van der Waals surface area contributed by atoms with Crippen LogP contribution in [0, 0.1) is 0 Å². The molecule has 0 spiro atoms. The fourth-order valence-corrected chi connectivity index (χ4v) is 3.37. The minimum atomic E-state index is -2.48. The van der Waals surface area contributed by atoms with E-state index in [2.05, 4.69) is 15.5 Å². The fourth-order valence-electron chi connectivity index (χ4n) is 2.10. The standard InChI is InChI=1S/C17H13F2N3OS2/c18-16(19)24-13-8-6-12(7-9-13)15(23)20-17-22-21-14(25-17)10-11-4-2-1-3-5-11/h1-9,16H,10H2,(H,20,22,23). The Morgan fingerprint density at radius 3 is 2.48 bits per heavy atom. The molecule has 128 valence electrons. The van der Waals surface area contributed by atoms with Crippen LogP contribution in [0.4, 0.5) is 13.9 Å². The van der Waals surface area contributed by atoms with E-state index >= 15 is 0 Å². The molecule has 0 saturated heterocycles. The predicted molar refractivity (Wildman–Crippen MR) is 95.4 cm³/mol. The predicted octanol–water partition coefficient (Wildman–Crippen LogP) is 4.70. The van der Waals surface area contributed by atoms with E-state index < -0.39 is 5.76 Å². The Kier molecular flexibility index (Phi) is 5.72. The summed E-state index contributed by atoms with van der Waals surface area (Å²) in [4.78, 5) is 12.6. The van der Waals surface area contributed by atoms with Gasteiger partial charge >= 0.3 is 0 Å². The second-order valence-electron chi connectivity index (χ2n) is 5.02. The number of carbonyl (C=O) groups excluding carboxylic acids is 1. The first-order valence-electron chi connectivity index (χ1n) is 7.33. The van der Waals surface area contributed by atoms with Crippen molar-refractivity contribution in [2.45, 2.75) is 17.1 Å². The summed E-state index contributed by atoms with van der Waals surface area (Å²) in [7, 11) is 0. The number of alkyl halides is 2. The molecule has 3 aromatic rings. The molecule has 4 nitrogen and oxygen atoms in total. The summed E-state index contributed by atoms with van der Waals surface area (Å²) < 4.78 is 24.6. The Morgan fingerprint density at radius 2 is 1.80 bits per heavy atom. The molecule has 0 fully saturated rings. The maximum absolute atomic E-state index is 12.3. The molecule has 1 heterocycles. The van der Waals surface area contributed by atoms with Gasteiger partial charge in [0, 0.05) is 16.9 Å². The van der Waals surface area contributed by atoms with Crippen LogP contribution in [0.25, 0.3) is 0 Å². The van der Waals surface area contributed by atoms with E-state index in [-0.39, 0.29) is 5.91 Å². The molecule has 1 N–H and O–H groups in total. The van der Waals surface area contributed by atoms with Crippen LogP contribution < -0.4 is 5.32 Å². The normalized spacial score (nSPS) is 10.8. The zero-order valence-corrected chi connectivity index (χ0v) is 14.5. The molecular weight excluding hydrogens is 364 g/mol. The monoisotopic (exact) mass is 377 g/mol. The van der Waals surface area contributed by atoms with Gasteiger partial charge in [-0.15, -0.1) is 10.2 Å². The smallest absolute Gasteiger partial charge is 0.288 e. The molecule has 0 saturated carbocycles. The fraction of sp³-hybridized carbons (Fsp3) is 0.118. The largest absolute Gasteiger partial charge is 0.296 e. The third-order valence-corrected chi connectivity index (χ3v) is 4.79. The average molecular weight is 377 g/mol. The summed E-state index contributed by atoms with van der Waals surface area (Å²) in [5.74, 6) is -2.83. The molecule has 1 amide bonds. The Labute approximate surface area is 151 Å². The summed E-state index contributed by atoms with van der Waals surface area (Å²) in [6.45, 7) is 0. The van der Waals surface area contributed by atoms with Crippen molar-refractivity contribution >= 4 is 34.1 Å². The number of thioether (sulfide) groups is 1. The van der Waals surface area contributed by atoms with Crippen LogP contribution in [0.15, 0.2) is 59.5 Å². The van der Waals surface area contributed by atoms with E-state index in [1.54, 1.807) is 0 Å².